The Bertz CT molecular complexity index is 918. The van der Waals surface area contributed by atoms with Crippen LogP contribution >= 0.6 is 31.9 Å². The highest BCUT2D eigenvalue weighted by atomic mass is 79.9. The highest BCUT2D eigenvalue weighted by Gasteiger charge is 2.14. The normalized spacial score (nSPS) is 11.5. The molecule has 0 fully saturated rings. The number of benzene rings is 2. The van der Waals surface area contributed by atoms with Crippen LogP contribution in [0.4, 0.5) is 0 Å². The SMILES string of the molecule is CCCCCCCCOc1cc2c(cc1Br)oc1cc(Br)c(OCCCCCCCC)cc12. The Morgan fingerprint density at radius 2 is 0.970 bits per heavy atom. The molecule has 0 atom stereocenters. The third-order valence-corrected chi connectivity index (χ3v) is 7.33. The number of ether oxygens (including phenoxy) is 2. The highest BCUT2D eigenvalue weighted by Crippen LogP contribution is 2.40. The first-order valence-corrected chi connectivity index (χ1v) is 14.3. The lowest BCUT2D eigenvalue weighted by Gasteiger charge is -2.09. The van der Waals surface area contributed by atoms with Crippen LogP contribution in [0.2, 0.25) is 0 Å². The van der Waals surface area contributed by atoms with E-state index in [0.29, 0.717) is 0 Å². The van der Waals surface area contributed by atoms with E-state index in [2.05, 4.69) is 57.8 Å². The van der Waals surface area contributed by atoms with E-state index in [9.17, 15) is 0 Å². The van der Waals surface area contributed by atoms with Crippen LogP contribution in [0.3, 0.4) is 0 Å². The summed E-state index contributed by atoms with van der Waals surface area (Å²) in [6.07, 6.45) is 15.1. The van der Waals surface area contributed by atoms with Crippen molar-refractivity contribution in [1.29, 1.82) is 0 Å². The molecule has 33 heavy (non-hydrogen) atoms. The van der Waals surface area contributed by atoms with E-state index in [1.807, 2.05) is 12.1 Å². The summed E-state index contributed by atoms with van der Waals surface area (Å²) in [6.45, 7) is 5.98. The number of unbranched alkanes of at least 4 members (excludes halogenated alkanes) is 10. The smallest absolute Gasteiger partial charge is 0.136 e. The Kier molecular flexibility index (Phi) is 11.4. The Hall–Kier alpha value is -1.20. The standard InChI is InChI=1S/C28H38Br2O3/c1-3-5-7-9-11-13-15-31-27-17-21-22-18-28(32-16-14-12-10-8-6-4-2)24(30)20-26(22)33-25(21)19-23(27)29/h17-20H,3-16H2,1-2H3. The largest absolute Gasteiger partial charge is 0.492 e. The van der Waals surface area contributed by atoms with Gasteiger partial charge in [0.25, 0.3) is 0 Å². The minimum absolute atomic E-state index is 0.740. The molecule has 0 unspecified atom stereocenters. The molecule has 0 radical (unpaired) electrons. The first kappa shape index (κ1) is 26.4. The fourth-order valence-electron chi connectivity index (χ4n) is 4.13. The molecule has 3 nitrogen and oxygen atoms in total. The van der Waals surface area contributed by atoms with Crippen molar-refractivity contribution in [3.8, 4) is 11.5 Å². The molecule has 0 aliphatic carbocycles. The maximum absolute atomic E-state index is 6.11. The predicted molar refractivity (Wildman–Crippen MR) is 147 cm³/mol. The maximum Gasteiger partial charge on any atom is 0.136 e. The van der Waals surface area contributed by atoms with Gasteiger partial charge >= 0.3 is 0 Å². The van der Waals surface area contributed by atoms with Gasteiger partial charge in [-0.3, -0.25) is 0 Å². The fourth-order valence-corrected chi connectivity index (χ4v) is 5.00. The van der Waals surface area contributed by atoms with E-state index < -0.39 is 0 Å². The van der Waals surface area contributed by atoms with Crippen LogP contribution < -0.4 is 9.47 Å². The van der Waals surface area contributed by atoms with Crippen LogP contribution in [0.25, 0.3) is 21.9 Å². The zero-order valence-corrected chi connectivity index (χ0v) is 23.4. The summed E-state index contributed by atoms with van der Waals surface area (Å²) in [4.78, 5) is 0. The molecule has 0 saturated carbocycles. The molecule has 0 amide bonds. The van der Waals surface area contributed by atoms with Crippen LogP contribution in [0, 0.1) is 0 Å². The van der Waals surface area contributed by atoms with Crippen LogP contribution in [0.15, 0.2) is 37.6 Å². The van der Waals surface area contributed by atoms with Gasteiger partial charge in [0.2, 0.25) is 0 Å². The van der Waals surface area contributed by atoms with Gasteiger partial charge in [0.05, 0.1) is 22.2 Å². The second kappa shape index (κ2) is 14.3. The molecule has 0 saturated heterocycles. The third-order valence-electron chi connectivity index (χ3n) is 6.09. The van der Waals surface area contributed by atoms with Gasteiger partial charge in [0.1, 0.15) is 22.7 Å². The first-order valence-electron chi connectivity index (χ1n) is 12.7. The number of halogens is 2. The molecule has 0 aliphatic heterocycles. The van der Waals surface area contributed by atoms with Gasteiger partial charge in [0.15, 0.2) is 0 Å². The molecule has 182 valence electrons. The zero-order valence-electron chi connectivity index (χ0n) is 20.2. The van der Waals surface area contributed by atoms with Crippen molar-refractivity contribution in [1.82, 2.24) is 0 Å². The predicted octanol–water partition coefficient (Wildman–Crippen LogP) is 10.6. The quantitative estimate of drug-likeness (QED) is 0.158. The van der Waals surface area contributed by atoms with Crippen LogP contribution in [-0.4, -0.2) is 13.2 Å². The van der Waals surface area contributed by atoms with Crippen LogP contribution in [0.1, 0.15) is 90.9 Å². The minimum Gasteiger partial charge on any atom is -0.492 e. The Morgan fingerprint density at radius 1 is 0.576 bits per heavy atom. The van der Waals surface area contributed by atoms with Gasteiger partial charge in [-0.15, -0.1) is 0 Å². The zero-order chi connectivity index (χ0) is 23.5. The van der Waals surface area contributed by atoms with Gasteiger partial charge in [0, 0.05) is 10.8 Å². The molecule has 0 N–H and O–H groups in total. The average molecular weight is 582 g/mol. The summed E-state index contributed by atoms with van der Waals surface area (Å²) in [5.41, 5.74) is 1.70. The minimum atomic E-state index is 0.740. The van der Waals surface area contributed by atoms with E-state index >= 15 is 0 Å². The van der Waals surface area contributed by atoms with Gasteiger partial charge in [-0.25, -0.2) is 0 Å². The highest BCUT2D eigenvalue weighted by molar-refractivity contribution is 9.11. The molecule has 3 rings (SSSR count). The van der Waals surface area contributed by atoms with Crippen molar-refractivity contribution >= 4 is 53.8 Å². The fraction of sp³-hybridized carbons (Fsp3) is 0.571. The van der Waals surface area contributed by atoms with Crippen molar-refractivity contribution < 1.29 is 13.9 Å². The monoisotopic (exact) mass is 580 g/mol. The molecule has 0 spiro atoms. The van der Waals surface area contributed by atoms with Gasteiger partial charge in [-0.1, -0.05) is 78.1 Å². The molecule has 1 heterocycles. The summed E-state index contributed by atoms with van der Waals surface area (Å²) >= 11 is 7.31. The molecular weight excluding hydrogens is 544 g/mol. The van der Waals surface area contributed by atoms with Crippen molar-refractivity contribution in [2.24, 2.45) is 0 Å². The number of fused-ring (bicyclic) bond motifs is 3. The summed E-state index contributed by atoms with van der Waals surface area (Å²) in [5, 5.41) is 2.12. The molecule has 2 aromatic carbocycles. The second-order valence-electron chi connectivity index (χ2n) is 8.89. The summed E-state index contributed by atoms with van der Waals surface area (Å²) < 4.78 is 20.2. The van der Waals surface area contributed by atoms with Gasteiger partial charge < -0.3 is 13.9 Å². The van der Waals surface area contributed by atoms with Gasteiger partial charge in [-0.2, -0.15) is 0 Å². The maximum atomic E-state index is 6.11. The summed E-state index contributed by atoms with van der Waals surface area (Å²) in [7, 11) is 0. The summed E-state index contributed by atoms with van der Waals surface area (Å²) in [6, 6.07) is 8.20. The van der Waals surface area contributed by atoms with E-state index in [1.165, 1.54) is 64.2 Å². The molecule has 5 heteroatoms. The number of rotatable bonds is 16. The summed E-state index contributed by atoms with van der Waals surface area (Å²) in [5.74, 6) is 1.74. The average Bonchev–Trinajstić information content (AvgIpc) is 3.13. The molecule has 0 aliphatic rings. The molecule has 1 aromatic heterocycles. The van der Waals surface area contributed by atoms with Crippen molar-refractivity contribution in [3.63, 3.8) is 0 Å². The Morgan fingerprint density at radius 3 is 1.39 bits per heavy atom. The van der Waals surface area contributed by atoms with Crippen molar-refractivity contribution in [2.75, 3.05) is 13.2 Å². The lowest BCUT2D eigenvalue weighted by atomic mass is 10.1. The lowest BCUT2D eigenvalue weighted by Crippen LogP contribution is -1.98. The van der Waals surface area contributed by atoms with E-state index in [0.717, 1.165) is 68.4 Å². The number of hydrogen-bond donors (Lipinski definition) is 0. The van der Waals surface area contributed by atoms with E-state index in [-0.39, 0.29) is 0 Å². The molecular formula is C28H38Br2O3. The third kappa shape index (κ3) is 7.92. The van der Waals surface area contributed by atoms with Crippen LogP contribution in [0.5, 0.6) is 11.5 Å². The lowest BCUT2D eigenvalue weighted by molar-refractivity contribution is 0.302. The van der Waals surface area contributed by atoms with Crippen LogP contribution in [-0.2, 0) is 0 Å². The topological polar surface area (TPSA) is 31.6 Å². The van der Waals surface area contributed by atoms with Crippen molar-refractivity contribution in [2.45, 2.75) is 90.9 Å². The van der Waals surface area contributed by atoms with E-state index in [1.54, 1.807) is 0 Å². The van der Waals surface area contributed by atoms with Crippen molar-refractivity contribution in [3.05, 3.63) is 33.2 Å². The number of hydrogen-bond acceptors (Lipinski definition) is 3. The number of furan rings is 1. The van der Waals surface area contributed by atoms with Gasteiger partial charge in [-0.05, 0) is 69.0 Å². The van der Waals surface area contributed by atoms with E-state index in [4.69, 9.17) is 13.9 Å². The Balaban J connectivity index is 1.63. The first-order chi connectivity index (χ1) is 16.1. The second-order valence-corrected chi connectivity index (χ2v) is 10.6. The Labute approximate surface area is 215 Å². The molecule has 3 aromatic rings. The molecule has 0 bridgehead atoms.